The van der Waals surface area contributed by atoms with Crippen molar-refractivity contribution < 1.29 is 29.7 Å². The van der Waals surface area contributed by atoms with Crippen LogP contribution < -0.4 is 5.32 Å². The standard InChI is InChI=1S/C7H5N3O3.C4H5NO3/c8-10-9-4-1-2-5(7(12)13)6(11)3-4;6-2-1-3(7)5-4(2)8/h1-3,11H,(H,12,13);2,6H,1H2,(H,5,7,8). The molecule has 1 atom stereocenters. The van der Waals surface area contributed by atoms with E-state index in [0.717, 1.165) is 6.07 Å². The molecule has 4 N–H and O–H groups in total. The number of rotatable bonds is 2. The lowest BCUT2D eigenvalue weighted by atomic mass is 10.2. The van der Waals surface area contributed by atoms with E-state index in [1.165, 1.54) is 12.1 Å². The zero-order chi connectivity index (χ0) is 16.0. The first kappa shape index (κ1) is 16.0. The Hall–Kier alpha value is -3.10. The summed E-state index contributed by atoms with van der Waals surface area (Å²) in [5, 5.41) is 31.3. The third kappa shape index (κ3) is 4.49. The van der Waals surface area contributed by atoms with Crippen LogP contribution in [0, 0.1) is 0 Å². The second-order valence-corrected chi connectivity index (χ2v) is 3.83. The molecule has 0 radical (unpaired) electrons. The number of aromatic hydroxyl groups is 1. The van der Waals surface area contributed by atoms with Crippen molar-refractivity contribution in [2.45, 2.75) is 12.5 Å². The normalized spacial score (nSPS) is 16.3. The number of aromatic carboxylic acids is 1. The molecule has 1 unspecified atom stereocenters. The van der Waals surface area contributed by atoms with Gasteiger partial charge in [0.25, 0.3) is 5.91 Å². The maximum atomic E-state index is 10.4. The fourth-order valence-corrected chi connectivity index (χ4v) is 1.35. The molecule has 110 valence electrons. The second-order valence-electron chi connectivity index (χ2n) is 3.83. The van der Waals surface area contributed by atoms with Crippen LogP contribution in [-0.2, 0) is 9.59 Å². The molecule has 1 aromatic rings. The van der Waals surface area contributed by atoms with Gasteiger partial charge in [-0.1, -0.05) is 11.2 Å². The van der Waals surface area contributed by atoms with Crippen LogP contribution >= 0.6 is 0 Å². The Morgan fingerprint density at radius 3 is 2.43 bits per heavy atom. The van der Waals surface area contributed by atoms with Gasteiger partial charge in [-0.2, -0.15) is 0 Å². The maximum Gasteiger partial charge on any atom is 0.339 e. The SMILES string of the molecule is O=C1CC(O)C(=O)N1.[N-]=[N+]=Nc1ccc(C(=O)O)c(O)c1. The molecule has 0 aliphatic carbocycles. The topological polar surface area (TPSA) is 173 Å². The summed E-state index contributed by atoms with van der Waals surface area (Å²) in [6, 6.07) is 3.56. The minimum atomic E-state index is -1.23. The van der Waals surface area contributed by atoms with Crippen LogP contribution in [0.25, 0.3) is 10.4 Å². The van der Waals surface area contributed by atoms with Crippen LogP contribution in [0.15, 0.2) is 23.3 Å². The molecule has 1 heterocycles. The highest BCUT2D eigenvalue weighted by atomic mass is 16.4. The maximum absolute atomic E-state index is 10.4. The molecule has 1 fully saturated rings. The van der Waals surface area contributed by atoms with Gasteiger partial charge in [-0.15, -0.1) is 0 Å². The van der Waals surface area contributed by atoms with Crippen molar-refractivity contribution >= 4 is 23.5 Å². The minimum absolute atomic E-state index is 0.0845. The van der Waals surface area contributed by atoms with E-state index < -0.39 is 29.6 Å². The molecular weight excluding hydrogens is 284 g/mol. The number of aliphatic hydroxyl groups excluding tert-OH is 1. The first-order chi connectivity index (χ1) is 9.85. The zero-order valence-corrected chi connectivity index (χ0v) is 10.4. The summed E-state index contributed by atoms with van der Waals surface area (Å²) in [6.45, 7) is 0. The lowest BCUT2D eigenvalue weighted by Gasteiger charge is -1.98. The fraction of sp³-hybridized carbons (Fsp3) is 0.182. The van der Waals surface area contributed by atoms with Gasteiger partial charge in [0.1, 0.15) is 17.4 Å². The van der Waals surface area contributed by atoms with E-state index in [2.05, 4.69) is 10.0 Å². The Labute approximate surface area is 117 Å². The van der Waals surface area contributed by atoms with Crippen molar-refractivity contribution in [2.24, 2.45) is 5.11 Å². The smallest absolute Gasteiger partial charge is 0.339 e. The number of nitrogens with zero attached hydrogens (tertiary/aromatic N) is 3. The van der Waals surface area contributed by atoms with Crippen molar-refractivity contribution in [1.82, 2.24) is 5.32 Å². The van der Waals surface area contributed by atoms with Crippen molar-refractivity contribution in [3.63, 3.8) is 0 Å². The van der Waals surface area contributed by atoms with Crippen molar-refractivity contribution in [3.05, 3.63) is 34.2 Å². The summed E-state index contributed by atoms with van der Waals surface area (Å²) < 4.78 is 0. The van der Waals surface area contributed by atoms with Crippen molar-refractivity contribution in [2.75, 3.05) is 0 Å². The number of amides is 2. The Morgan fingerprint density at radius 2 is 2.10 bits per heavy atom. The Kier molecular flexibility index (Phi) is 5.24. The molecule has 21 heavy (non-hydrogen) atoms. The second kappa shape index (κ2) is 6.89. The summed E-state index contributed by atoms with van der Waals surface area (Å²) in [4.78, 5) is 33.3. The van der Waals surface area contributed by atoms with E-state index in [1.54, 1.807) is 0 Å². The summed E-state index contributed by atoms with van der Waals surface area (Å²) >= 11 is 0. The average Bonchev–Trinajstić information content (AvgIpc) is 2.67. The Morgan fingerprint density at radius 1 is 1.43 bits per heavy atom. The lowest BCUT2D eigenvalue weighted by Crippen LogP contribution is -2.24. The van der Waals surface area contributed by atoms with Crippen LogP contribution in [0.4, 0.5) is 5.69 Å². The summed E-state index contributed by atoms with van der Waals surface area (Å²) in [5.74, 6) is -2.64. The number of imide groups is 1. The number of azide groups is 1. The molecule has 1 aliphatic rings. The van der Waals surface area contributed by atoms with E-state index in [-0.39, 0.29) is 17.7 Å². The first-order valence-electron chi connectivity index (χ1n) is 5.48. The van der Waals surface area contributed by atoms with Gasteiger partial charge in [0.05, 0.1) is 6.42 Å². The first-order valence-corrected chi connectivity index (χ1v) is 5.48. The predicted octanol–water partition coefficient (Wildman–Crippen LogP) is 0.426. The molecule has 0 bridgehead atoms. The highest BCUT2D eigenvalue weighted by molar-refractivity contribution is 6.04. The van der Waals surface area contributed by atoms with Gasteiger partial charge >= 0.3 is 5.97 Å². The molecule has 0 saturated carbocycles. The number of aliphatic hydroxyl groups is 1. The van der Waals surface area contributed by atoms with Gasteiger partial charge < -0.3 is 15.3 Å². The van der Waals surface area contributed by atoms with Gasteiger partial charge in [0.15, 0.2) is 0 Å². The van der Waals surface area contributed by atoms with Gasteiger partial charge in [-0.05, 0) is 17.7 Å². The zero-order valence-electron chi connectivity index (χ0n) is 10.4. The van der Waals surface area contributed by atoms with Crippen LogP contribution in [0.3, 0.4) is 0 Å². The number of phenols is 1. The van der Waals surface area contributed by atoms with Crippen LogP contribution in [0.5, 0.6) is 5.75 Å². The van der Waals surface area contributed by atoms with Gasteiger partial charge in [0.2, 0.25) is 5.91 Å². The van der Waals surface area contributed by atoms with Crippen LogP contribution in [0.2, 0.25) is 0 Å². The van der Waals surface area contributed by atoms with E-state index in [9.17, 15) is 14.4 Å². The van der Waals surface area contributed by atoms with Gasteiger partial charge in [-0.25, -0.2) is 4.79 Å². The fourth-order valence-electron chi connectivity index (χ4n) is 1.35. The summed E-state index contributed by atoms with van der Waals surface area (Å²) in [5.41, 5.74) is 8.00. The molecule has 10 heteroatoms. The van der Waals surface area contributed by atoms with Gasteiger partial charge in [-0.3, -0.25) is 14.9 Å². The van der Waals surface area contributed by atoms with E-state index >= 15 is 0 Å². The van der Waals surface area contributed by atoms with E-state index in [0.29, 0.717) is 0 Å². The molecule has 2 rings (SSSR count). The van der Waals surface area contributed by atoms with Crippen molar-refractivity contribution in [1.29, 1.82) is 0 Å². The van der Waals surface area contributed by atoms with E-state index in [1.807, 2.05) is 5.32 Å². The molecule has 0 spiro atoms. The Balaban J connectivity index is 0.000000235. The number of carboxylic acid groups (broad SMARTS) is 1. The van der Waals surface area contributed by atoms with Gasteiger partial charge in [0, 0.05) is 10.6 Å². The van der Waals surface area contributed by atoms with Crippen LogP contribution in [0.1, 0.15) is 16.8 Å². The molecule has 2 amide bonds. The van der Waals surface area contributed by atoms with E-state index in [4.69, 9.17) is 20.9 Å². The van der Waals surface area contributed by atoms with Crippen LogP contribution in [-0.4, -0.2) is 39.2 Å². The predicted molar refractivity (Wildman–Crippen MR) is 67.6 cm³/mol. The third-order valence-electron chi connectivity index (χ3n) is 2.32. The average molecular weight is 294 g/mol. The summed E-state index contributed by atoms with van der Waals surface area (Å²) in [7, 11) is 0. The highest BCUT2D eigenvalue weighted by Crippen LogP contribution is 2.23. The molecule has 0 aromatic heterocycles. The Bertz CT molecular complexity index is 638. The molecular formula is C11H10N4O6. The number of carboxylic acids is 1. The molecule has 1 aromatic carbocycles. The largest absolute Gasteiger partial charge is 0.507 e. The number of hydrogen-bond acceptors (Lipinski definition) is 6. The number of hydrogen-bond donors (Lipinski definition) is 4. The summed E-state index contributed by atoms with van der Waals surface area (Å²) in [6.07, 6.45) is -1.19. The lowest BCUT2D eigenvalue weighted by molar-refractivity contribution is -0.127. The molecule has 1 aliphatic heterocycles. The number of nitrogens with one attached hydrogen (secondary N) is 1. The quantitative estimate of drug-likeness (QED) is 0.266. The van der Waals surface area contributed by atoms with Crippen molar-refractivity contribution in [3.8, 4) is 5.75 Å². The molecule has 1 saturated heterocycles. The molecule has 10 nitrogen and oxygen atoms in total. The third-order valence-corrected chi connectivity index (χ3v) is 2.32. The highest BCUT2D eigenvalue weighted by Gasteiger charge is 2.27. The monoisotopic (exact) mass is 294 g/mol. The number of carbonyl (C=O) groups is 3. The number of carbonyl (C=O) groups excluding carboxylic acids is 2. The minimum Gasteiger partial charge on any atom is -0.507 e. The number of benzene rings is 1.